The molecule has 104 valence electrons. The van der Waals surface area contributed by atoms with Gasteiger partial charge in [-0.25, -0.2) is 18.1 Å². The van der Waals surface area contributed by atoms with E-state index in [1.807, 2.05) is 0 Å². The van der Waals surface area contributed by atoms with Gasteiger partial charge in [0.05, 0.1) is 6.10 Å². The summed E-state index contributed by atoms with van der Waals surface area (Å²) in [5.41, 5.74) is 0.461. The van der Waals surface area contributed by atoms with E-state index in [2.05, 4.69) is 9.71 Å². The molecule has 0 amide bonds. The second-order valence-electron chi connectivity index (χ2n) is 4.17. The Morgan fingerprint density at radius 1 is 1.53 bits per heavy atom. The van der Waals surface area contributed by atoms with Crippen LogP contribution in [0.25, 0.3) is 5.65 Å². The van der Waals surface area contributed by atoms with Gasteiger partial charge in [-0.05, 0) is 25.5 Å². The third-order valence-corrected chi connectivity index (χ3v) is 4.41. The summed E-state index contributed by atoms with van der Waals surface area (Å²) >= 11 is 5.89. The number of fused-ring (bicyclic) bond motifs is 1. The van der Waals surface area contributed by atoms with Crippen molar-refractivity contribution in [1.29, 1.82) is 0 Å². The topological polar surface area (TPSA) is 83.7 Å². The van der Waals surface area contributed by atoms with E-state index in [0.29, 0.717) is 12.1 Å². The van der Waals surface area contributed by atoms with Crippen LogP contribution < -0.4 is 4.72 Å². The fraction of sp³-hybridized carbons (Fsp3) is 0.364. The largest absolute Gasteiger partial charge is 0.393 e. The van der Waals surface area contributed by atoms with Crippen LogP contribution in [0.15, 0.2) is 29.4 Å². The molecule has 0 bridgehead atoms. The first-order valence-corrected chi connectivity index (χ1v) is 7.58. The zero-order valence-corrected chi connectivity index (χ0v) is 11.8. The molecule has 2 aromatic rings. The van der Waals surface area contributed by atoms with E-state index in [4.69, 9.17) is 16.7 Å². The molecule has 1 atom stereocenters. The molecule has 2 N–H and O–H groups in total. The molecule has 0 aliphatic carbocycles. The molecule has 0 radical (unpaired) electrons. The Morgan fingerprint density at radius 2 is 2.26 bits per heavy atom. The van der Waals surface area contributed by atoms with Crippen LogP contribution in [-0.4, -0.2) is 35.6 Å². The van der Waals surface area contributed by atoms with E-state index in [0.717, 1.165) is 0 Å². The summed E-state index contributed by atoms with van der Waals surface area (Å²) in [5, 5.41) is 8.97. The van der Waals surface area contributed by atoms with Gasteiger partial charge < -0.3 is 5.11 Å². The van der Waals surface area contributed by atoms with Gasteiger partial charge in [-0.15, -0.1) is 0 Å². The van der Waals surface area contributed by atoms with Gasteiger partial charge in [0.1, 0.15) is 5.65 Å². The Bertz CT molecular complexity index is 682. The molecule has 0 aromatic carbocycles. The maximum absolute atomic E-state index is 12.2. The second-order valence-corrected chi connectivity index (χ2v) is 6.21. The average Bonchev–Trinajstić information content (AvgIpc) is 2.64. The normalized spacial score (nSPS) is 13.8. The lowest BCUT2D eigenvalue weighted by Gasteiger charge is -2.08. The Morgan fingerprint density at radius 3 is 2.95 bits per heavy atom. The van der Waals surface area contributed by atoms with Crippen molar-refractivity contribution in [2.45, 2.75) is 24.5 Å². The molecule has 0 saturated heterocycles. The van der Waals surface area contributed by atoms with Gasteiger partial charge in [0.15, 0.2) is 10.2 Å². The Kier molecular flexibility index (Phi) is 4.10. The van der Waals surface area contributed by atoms with E-state index in [1.165, 1.54) is 4.40 Å². The van der Waals surface area contributed by atoms with E-state index in [1.54, 1.807) is 31.3 Å². The van der Waals surface area contributed by atoms with Crippen LogP contribution in [-0.2, 0) is 10.0 Å². The molecule has 0 aliphatic heterocycles. The van der Waals surface area contributed by atoms with E-state index < -0.39 is 16.1 Å². The van der Waals surface area contributed by atoms with Crippen molar-refractivity contribution in [3.8, 4) is 0 Å². The predicted octanol–water partition coefficient (Wildman–Crippen LogP) is 1.04. The molecular weight excluding hydrogens is 290 g/mol. The first-order valence-electron chi connectivity index (χ1n) is 5.72. The third-order valence-electron chi connectivity index (χ3n) is 2.56. The molecule has 1 unspecified atom stereocenters. The number of rotatable bonds is 5. The minimum atomic E-state index is -3.76. The lowest BCUT2D eigenvalue weighted by molar-refractivity contribution is 0.186. The summed E-state index contributed by atoms with van der Waals surface area (Å²) in [5.74, 6) is 0. The number of imidazole rings is 1. The molecule has 2 rings (SSSR count). The van der Waals surface area contributed by atoms with Crippen molar-refractivity contribution in [3.63, 3.8) is 0 Å². The van der Waals surface area contributed by atoms with Gasteiger partial charge in [-0.2, -0.15) is 0 Å². The maximum Gasteiger partial charge on any atom is 0.259 e. The van der Waals surface area contributed by atoms with Gasteiger partial charge in [0, 0.05) is 12.7 Å². The van der Waals surface area contributed by atoms with Crippen molar-refractivity contribution in [2.24, 2.45) is 0 Å². The smallest absolute Gasteiger partial charge is 0.259 e. The van der Waals surface area contributed by atoms with Crippen molar-refractivity contribution >= 4 is 27.3 Å². The monoisotopic (exact) mass is 303 g/mol. The van der Waals surface area contributed by atoms with Gasteiger partial charge >= 0.3 is 0 Å². The highest BCUT2D eigenvalue weighted by molar-refractivity contribution is 7.89. The predicted molar refractivity (Wildman–Crippen MR) is 71.7 cm³/mol. The number of hydrogen-bond acceptors (Lipinski definition) is 4. The zero-order valence-electron chi connectivity index (χ0n) is 10.2. The molecule has 8 heteroatoms. The highest BCUT2D eigenvalue weighted by atomic mass is 35.5. The zero-order chi connectivity index (χ0) is 14.0. The quantitative estimate of drug-likeness (QED) is 0.864. The van der Waals surface area contributed by atoms with Crippen molar-refractivity contribution in [1.82, 2.24) is 14.1 Å². The number of nitrogens with one attached hydrogen (secondary N) is 1. The molecule has 0 saturated carbocycles. The minimum absolute atomic E-state index is 0.0734. The number of sulfonamides is 1. The van der Waals surface area contributed by atoms with Crippen LogP contribution in [0, 0.1) is 0 Å². The summed E-state index contributed by atoms with van der Waals surface area (Å²) < 4.78 is 28.1. The Labute approximate surface area is 116 Å². The van der Waals surface area contributed by atoms with Gasteiger partial charge in [-0.3, -0.25) is 4.40 Å². The van der Waals surface area contributed by atoms with E-state index >= 15 is 0 Å². The lowest BCUT2D eigenvalue weighted by Crippen LogP contribution is -2.28. The maximum atomic E-state index is 12.2. The van der Waals surface area contributed by atoms with Crippen molar-refractivity contribution in [3.05, 3.63) is 29.5 Å². The van der Waals surface area contributed by atoms with Crippen molar-refractivity contribution in [2.75, 3.05) is 6.54 Å². The summed E-state index contributed by atoms with van der Waals surface area (Å²) in [7, 11) is -3.76. The number of aromatic nitrogens is 2. The number of pyridine rings is 1. The molecule has 6 nitrogen and oxygen atoms in total. The highest BCUT2D eigenvalue weighted by Crippen LogP contribution is 2.22. The number of hydrogen-bond donors (Lipinski definition) is 2. The van der Waals surface area contributed by atoms with Gasteiger partial charge in [0.25, 0.3) is 10.0 Å². The summed E-state index contributed by atoms with van der Waals surface area (Å²) in [4.78, 5) is 3.98. The third kappa shape index (κ3) is 3.06. The summed E-state index contributed by atoms with van der Waals surface area (Å²) in [6, 6.07) is 5.11. The lowest BCUT2D eigenvalue weighted by atomic mass is 10.3. The van der Waals surface area contributed by atoms with Gasteiger partial charge in [-0.1, -0.05) is 17.7 Å². The number of aliphatic hydroxyl groups is 1. The van der Waals surface area contributed by atoms with Gasteiger partial charge in [0.2, 0.25) is 0 Å². The van der Waals surface area contributed by atoms with Crippen molar-refractivity contribution < 1.29 is 13.5 Å². The fourth-order valence-electron chi connectivity index (χ4n) is 1.66. The summed E-state index contributed by atoms with van der Waals surface area (Å²) in [6.45, 7) is 1.73. The molecule has 0 fully saturated rings. The van der Waals surface area contributed by atoms with Crippen LogP contribution in [0.2, 0.25) is 5.15 Å². The van der Waals surface area contributed by atoms with Crippen LogP contribution in [0.4, 0.5) is 0 Å². The second kappa shape index (κ2) is 5.46. The number of halogens is 1. The molecule has 2 aromatic heterocycles. The molecule has 0 spiro atoms. The fourth-order valence-corrected chi connectivity index (χ4v) is 3.34. The first-order chi connectivity index (χ1) is 8.92. The molecule has 19 heavy (non-hydrogen) atoms. The Balaban J connectivity index is 2.35. The van der Waals surface area contributed by atoms with Crippen LogP contribution >= 0.6 is 11.6 Å². The van der Waals surface area contributed by atoms with Crippen LogP contribution in [0.1, 0.15) is 13.3 Å². The highest BCUT2D eigenvalue weighted by Gasteiger charge is 2.23. The van der Waals surface area contributed by atoms with E-state index in [9.17, 15) is 8.42 Å². The minimum Gasteiger partial charge on any atom is -0.393 e. The SMILES string of the molecule is CC(O)CCNS(=O)(=O)c1c(Cl)nc2ccccn12. The molecule has 0 aliphatic rings. The first kappa shape index (κ1) is 14.3. The van der Waals surface area contributed by atoms with E-state index in [-0.39, 0.29) is 16.7 Å². The van der Waals surface area contributed by atoms with Crippen LogP contribution in [0.3, 0.4) is 0 Å². The van der Waals surface area contributed by atoms with Crippen LogP contribution in [0.5, 0.6) is 0 Å². The molecule has 2 heterocycles. The summed E-state index contributed by atoms with van der Waals surface area (Å²) in [6.07, 6.45) is 1.34. The standard InChI is InChI=1S/C11H14ClN3O3S/c1-8(16)5-6-13-19(17,18)11-10(12)14-9-4-2-3-7-15(9)11/h2-4,7-8,13,16H,5-6H2,1H3. The average molecular weight is 304 g/mol. The Hall–Kier alpha value is -1.15. The molecular formula is C11H14ClN3O3S. The number of aliphatic hydroxyl groups excluding tert-OH is 1. The number of nitrogens with zero attached hydrogens (tertiary/aromatic N) is 2.